The second kappa shape index (κ2) is 9.91. The van der Waals surface area contributed by atoms with E-state index in [0.29, 0.717) is 40.4 Å². The molecule has 9 heteroatoms. The molecule has 2 heterocycles. The number of benzene rings is 1. The summed E-state index contributed by atoms with van der Waals surface area (Å²) in [5, 5.41) is 5.66. The van der Waals surface area contributed by atoms with Crippen LogP contribution in [0.4, 0.5) is 0 Å². The molecule has 0 radical (unpaired) electrons. The normalized spacial score (nSPS) is 19.5. The number of carbonyl (C=O) groups excluding carboxylic acids is 2. The van der Waals surface area contributed by atoms with E-state index in [2.05, 4.69) is 10.3 Å². The Kier molecular flexibility index (Phi) is 6.97. The summed E-state index contributed by atoms with van der Waals surface area (Å²) in [7, 11) is 3.18. The molecule has 4 rings (SSSR count). The van der Waals surface area contributed by atoms with Crippen LogP contribution in [0.5, 0.6) is 11.5 Å². The second-order valence-corrected chi connectivity index (χ2v) is 8.98. The standard InChI is InChI=1S/C24H29N3O5S/c1-5-32-23(29)21-14(2)26-24-27(16(13-33-24)10-20(28)25-12-15-6-7-15)22(21)18-11-17(30-3)8-9-19(18)31-4/h8-9,11,13,15,22H,5-7,10,12H2,1-4H3,(H,25,28). The van der Waals surface area contributed by atoms with E-state index in [-0.39, 0.29) is 18.9 Å². The fraction of sp³-hybridized carbons (Fsp3) is 0.458. The molecule has 1 amide bonds. The monoisotopic (exact) mass is 471 g/mol. The lowest BCUT2D eigenvalue weighted by molar-refractivity contribution is -0.139. The van der Waals surface area contributed by atoms with Crippen LogP contribution in [0.3, 0.4) is 0 Å². The molecule has 2 aliphatic heterocycles. The van der Waals surface area contributed by atoms with E-state index < -0.39 is 12.0 Å². The number of amides is 1. The van der Waals surface area contributed by atoms with Crippen LogP contribution in [0, 0.1) is 5.92 Å². The molecule has 1 N–H and O–H groups in total. The number of hydrogen-bond donors (Lipinski definition) is 1. The summed E-state index contributed by atoms with van der Waals surface area (Å²) in [6.07, 6.45) is 2.54. The van der Waals surface area contributed by atoms with Gasteiger partial charge in [0.1, 0.15) is 11.5 Å². The van der Waals surface area contributed by atoms with Crippen molar-refractivity contribution in [1.82, 2.24) is 10.2 Å². The third-order valence-electron chi connectivity index (χ3n) is 5.85. The molecular formula is C24H29N3O5S. The van der Waals surface area contributed by atoms with Crippen LogP contribution in [-0.4, -0.2) is 49.3 Å². The molecule has 1 saturated carbocycles. The molecule has 3 aliphatic rings. The van der Waals surface area contributed by atoms with Gasteiger partial charge < -0.3 is 24.4 Å². The van der Waals surface area contributed by atoms with Crippen LogP contribution in [0.25, 0.3) is 0 Å². The number of nitrogens with zero attached hydrogens (tertiary/aromatic N) is 2. The van der Waals surface area contributed by atoms with Crippen LogP contribution in [-0.2, 0) is 14.3 Å². The Bertz CT molecular complexity index is 1040. The van der Waals surface area contributed by atoms with Gasteiger partial charge in [-0.3, -0.25) is 4.79 Å². The van der Waals surface area contributed by atoms with Crippen molar-refractivity contribution in [3.05, 3.63) is 46.1 Å². The highest BCUT2D eigenvalue weighted by Crippen LogP contribution is 2.47. The van der Waals surface area contributed by atoms with E-state index in [4.69, 9.17) is 14.2 Å². The predicted molar refractivity (Wildman–Crippen MR) is 127 cm³/mol. The lowest BCUT2D eigenvalue weighted by Crippen LogP contribution is -2.38. The largest absolute Gasteiger partial charge is 0.497 e. The number of ether oxygens (including phenoxy) is 3. The van der Waals surface area contributed by atoms with Gasteiger partial charge in [0.2, 0.25) is 5.91 Å². The summed E-state index contributed by atoms with van der Waals surface area (Å²) in [5.74, 6) is 1.35. The Hall–Kier alpha value is -2.94. The number of aliphatic imine (C=N–C) groups is 1. The molecular weight excluding hydrogens is 442 g/mol. The maximum atomic E-state index is 13.1. The number of methoxy groups -OCH3 is 2. The van der Waals surface area contributed by atoms with Gasteiger partial charge in [-0.1, -0.05) is 11.8 Å². The van der Waals surface area contributed by atoms with Crippen molar-refractivity contribution in [1.29, 1.82) is 0 Å². The zero-order chi connectivity index (χ0) is 23.5. The number of carbonyl (C=O) groups is 2. The summed E-state index contributed by atoms with van der Waals surface area (Å²) < 4.78 is 16.5. The first-order valence-corrected chi connectivity index (χ1v) is 11.9. The highest BCUT2D eigenvalue weighted by Gasteiger charge is 2.42. The minimum absolute atomic E-state index is 0.0460. The minimum atomic E-state index is -0.570. The molecule has 176 valence electrons. The number of esters is 1. The topological polar surface area (TPSA) is 89.5 Å². The Morgan fingerprint density at radius 3 is 2.70 bits per heavy atom. The van der Waals surface area contributed by atoms with Gasteiger partial charge >= 0.3 is 5.97 Å². The van der Waals surface area contributed by atoms with Crippen molar-refractivity contribution in [2.45, 2.75) is 39.2 Å². The minimum Gasteiger partial charge on any atom is -0.497 e. The van der Waals surface area contributed by atoms with Gasteiger partial charge in [-0.25, -0.2) is 9.79 Å². The maximum absolute atomic E-state index is 13.1. The number of nitrogens with one attached hydrogen (secondary N) is 1. The van der Waals surface area contributed by atoms with Crippen molar-refractivity contribution in [3.8, 4) is 11.5 Å². The van der Waals surface area contributed by atoms with Crippen LogP contribution in [0.2, 0.25) is 0 Å². The molecule has 1 aliphatic carbocycles. The Morgan fingerprint density at radius 2 is 2.03 bits per heavy atom. The Morgan fingerprint density at radius 1 is 1.24 bits per heavy atom. The average molecular weight is 472 g/mol. The Labute approximate surface area is 198 Å². The highest BCUT2D eigenvalue weighted by atomic mass is 32.2. The fourth-order valence-corrected chi connectivity index (χ4v) is 4.96. The molecule has 1 aromatic carbocycles. The number of allylic oxidation sites excluding steroid dienone is 1. The van der Waals surface area contributed by atoms with Crippen LogP contribution in [0.15, 0.2) is 45.6 Å². The third-order valence-corrected chi connectivity index (χ3v) is 6.74. The molecule has 0 saturated heterocycles. The summed E-state index contributed by atoms with van der Waals surface area (Å²) >= 11 is 1.44. The van der Waals surface area contributed by atoms with Crippen LogP contribution in [0.1, 0.15) is 44.7 Å². The SMILES string of the molecule is CCOC(=O)C1=C(C)N=C2SC=C(CC(=O)NCC3CC3)N2C1c1cc(OC)ccc1OC. The van der Waals surface area contributed by atoms with Crippen molar-refractivity contribution in [2.75, 3.05) is 27.4 Å². The number of amidine groups is 1. The van der Waals surface area contributed by atoms with Gasteiger partial charge in [0.05, 0.1) is 44.6 Å². The number of hydrogen-bond acceptors (Lipinski definition) is 8. The number of thioether (sulfide) groups is 1. The van der Waals surface area contributed by atoms with E-state index in [9.17, 15) is 9.59 Å². The first-order valence-electron chi connectivity index (χ1n) is 11.1. The molecule has 1 aromatic rings. The molecule has 0 bridgehead atoms. The van der Waals surface area contributed by atoms with Crippen molar-refractivity contribution in [2.24, 2.45) is 10.9 Å². The quantitative estimate of drug-likeness (QED) is 0.549. The first kappa shape index (κ1) is 23.2. The van der Waals surface area contributed by atoms with Crippen molar-refractivity contribution < 1.29 is 23.8 Å². The molecule has 33 heavy (non-hydrogen) atoms. The number of rotatable bonds is 9. The molecule has 0 spiro atoms. The van der Waals surface area contributed by atoms with Gasteiger partial charge in [-0.15, -0.1) is 0 Å². The van der Waals surface area contributed by atoms with Crippen LogP contribution >= 0.6 is 11.8 Å². The van der Waals surface area contributed by atoms with Crippen molar-refractivity contribution in [3.63, 3.8) is 0 Å². The van der Waals surface area contributed by atoms with E-state index >= 15 is 0 Å². The van der Waals surface area contributed by atoms with E-state index in [1.54, 1.807) is 28.1 Å². The summed E-state index contributed by atoms with van der Waals surface area (Å²) in [4.78, 5) is 32.4. The van der Waals surface area contributed by atoms with Crippen molar-refractivity contribution >= 4 is 28.8 Å². The number of fused-ring (bicyclic) bond motifs is 1. The summed E-state index contributed by atoms with van der Waals surface area (Å²) in [6.45, 7) is 4.53. The summed E-state index contributed by atoms with van der Waals surface area (Å²) in [6, 6.07) is 4.90. The van der Waals surface area contributed by atoms with Crippen LogP contribution < -0.4 is 14.8 Å². The van der Waals surface area contributed by atoms with Gasteiger partial charge in [0.15, 0.2) is 5.17 Å². The lowest BCUT2D eigenvalue weighted by Gasteiger charge is -2.36. The van der Waals surface area contributed by atoms with Gasteiger partial charge in [0.25, 0.3) is 0 Å². The maximum Gasteiger partial charge on any atom is 0.338 e. The zero-order valence-electron chi connectivity index (χ0n) is 19.3. The predicted octanol–water partition coefficient (Wildman–Crippen LogP) is 3.76. The van der Waals surface area contributed by atoms with E-state index in [0.717, 1.165) is 11.3 Å². The first-order chi connectivity index (χ1) is 16.0. The van der Waals surface area contributed by atoms with Gasteiger partial charge in [-0.2, -0.15) is 0 Å². The van der Waals surface area contributed by atoms with E-state index in [1.165, 1.54) is 24.6 Å². The molecule has 1 atom stereocenters. The Balaban J connectivity index is 1.74. The molecule has 8 nitrogen and oxygen atoms in total. The second-order valence-electron chi connectivity index (χ2n) is 8.15. The highest BCUT2D eigenvalue weighted by molar-refractivity contribution is 8.16. The fourth-order valence-electron chi connectivity index (χ4n) is 3.99. The van der Waals surface area contributed by atoms with Gasteiger partial charge in [0, 0.05) is 17.8 Å². The smallest absolute Gasteiger partial charge is 0.338 e. The molecule has 1 unspecified atom stereocenters. The average Bonchev–Trinajstić information content (AvgIpc) is 3.57. The summed E-state index contributed by atoms with van der Waals surface area (Å²) in [5.41, 5.74) is 2.50. The van der Waals surface area contributed by atoms with Gasteiger partial charge in [-0.05, 0) is 56.2 Å². The lowest BCUT2D eigenvalue weighted by atomic mass is 9.92. The van der Waals surface area contributed by atoms with E-state index in [1.807, 2.05) is 28.5 Å². The molecule has 1 fully saturated rings. The third kappa shape index (κ3) is 4.88. The molecule has 0 aromatic heterocycles. The zero-order valence-corrected chi connectivity index (χ0v) is 20.2.